The Balaban J connectivity index is 1.83. The predicted octanol–water partition coefficient (Wildman–Crippen LogP) is 0.164. The zero-order valence-corrected chi connectivity index (χ0v) is 15.4. The Morgan fingerprint density at radius 1 is 1.31 bits per heavy atom. The van der Waals surface area contributed by atoms with Crippen LogP contribution in [0.1, 0.15) is 10.4 Å². The van der Waals surface area contributed by atoms with E-state index in [1.54, 1.807) is 24.3 Å². The number of carbonyl (C=O) groups excluding carboxylic acids is 1. The standard InChI is InChI=1S/C17H21N3O5S/c1-20(2)26(23,24)10-11-8-25-9-15(11)19-17(22)13-7-16(21)18-14-6-4-3-5-12(13)14/h3-7,11,15H,8-10H2,1-2H3,(H,18,21)(H,19,22). The van der Waals surface area contributed by atoms with E-state index in [2.05, 4.69) is 10.3 Å². The second kappa shape index (κ2) is 7.18. The Bertz CT molecular complexity index is 983. The van der Waals surface area contributed by atoms with E-state index in [4.69, 9.17) is 4.74 Å². The molecule has 140 valence electrons. The molecule has 2 atom stereocenters. The highest BCUT2D eigenvalue weighted by atomic mass is 32.2. The van der Waals surface area contributed by atoms with Crippen LogP contribution >= 0.6 is 0 Å². The predicted molar refractivity (Wildman–Crippen MR) is 97.6 cm³/mol. The van der Waals surface area contributed by atoms with Gasteiger partial charge in [0.05, 0.1) is 30.6 Å². The summed E-state index contributed by atoms with van der Waals surface area (Å²) in [7, 11) is -0.463. The molecule has 0 spiro atoms. The van der Waals surface area contributed by atoms with Crippen molar-refractivity contribution in [3.05, 3.63) is 46.2 Å². The van der Waals surface area contributed by atoms with Gasteiger partial charge in [0.25, 0.3) is 5.91 Å². The van der Waals surface area contributed by atoms with E-state index < -0.39 is 22.0 Å². The fourth-order valence-corrected chi connectivity index (χ4v) is 4.15. The van der Waals surface area contributed by atoms with Crippen LogP contribution < -0.4 is 10.9 Å². The third-order valence-corrected chi connectivity index (χ3v) is 6.45. The van der Waals surface area contributed by atoms with Crippen molar-refractivity contribution in [1.29, 1.82) is 0 Å². The maximum absolute atomic E-state index is 12.7. The van der Waals surface area contributed by atoms with Crippen molar-refractivity contribution >= 4 is 26.8 Å². The maximum Gasteiger partial charge on any atom is 0.252 e. The number of rotatable bonds is 5. The molecule has 0 aliphatic carbocycles. The lowest BCUT2D eigenvalue weighted by molar-refractivity contribution is 0.0927. The number of fused-ring (bicyclic) bond motifs is 1. The lowest BCUT2D eigenvalue weighted by Crippen LogP contribution is -2.43. The van der Waals surface area contributed by atoms with Crippen molar-refractivity contribution in [1.82, 2.24) is 14.6 Å². The summed E-state index contributed by atoms with van der Waals surface area (Å²) in [5, 5.41) is 3.45. The summed E-state index contributed by atoms with van der Waals surface area (Å²) in [4.78, 5) is 27.2. The molecule has 0 saturated carbocycles. The SMILES string of the molecule is CN(C)S(=O)(=O)CC1COCC1NC(=O)c1cc(=O)[nH]c2ccccc12. The molecule has 3 rings (SSSR count). The van der Waals surface area contributed by atoms with Crippen molar-refractivity contribution in [3.8, 4) is 0 Å². The smallest absolute Gasteiger partial charge is 0.252 e. The van der Waals surface area contributed by atoms with Gasteiger partial charge in [-0.1, -0.05) is 18.2 Å². The van der Waals surface area contributed by atoms with Gasteiger partial charge in [-0.05, 0) is 6.07 Å². The highest BCUT2D eigenvalue weighted by Crippen LogP contribution is 2.19. The molecule has 2 heterocycles. The van der Waals surface area contributed by atoms with Gasteiger partial charge in [-0.2, -0.15) is 0 Å². The summed E-state index contributed by atoms with van der Waals surface area (Å²) in [5.41, 5.74) is 0.452. The lowest BCUT2D eigenvalue weighted by atomic mass is 10.0. The molecule has 1 aliphatic rings. The number of pyridine rings is 1. The first-order valence-corrected chi connectivity index (χ1v) is 9.80. The van der Waals surface area contributed by atoms with Crippen LogP contribution in [0.5, 0.6) is 0 Å². The first-order chi connectivity index (χ1) is 12.3. The molecular weight excluding hydrogens is 358 g/mol. The topological polar surface area (TPSA) is 109 Å². The Morgan fingerprint density at radius 3 is 2.77 bits per heavy atom. The fourth-order valence-electron chi connectivity index (χ4n) is 2.98. The molecule has 2 N–H and O–H groups in total. The number of nitrogens with zero attached hydrogens (tertiary/aromatic N) is 1. The number of aromatic nitrogens is 1. The number of para-hydroxylation sites is 1. The van der Waals surface area contributed by atoms with Crippen molar-refractivity contribution < 1.29 is 17.9 Å². The van der Waals surface area contributed by atoms with E-state index in [-0.39, 0.29) is 36.0 Å². The van der Waals surface area contributed by atoms with Gasteiger partial charge < -0.3 is 15.0 Å². The van der Waals surface area contributed by atoms with Crippen molar-refractivity contribution in [2.24, 2.45) is 5.92 Å². The minimum absolute atomic E-state index is 0.110. The van der Waals surface area contributed by atoms with Gasteiger partial charge in [0.15, 0.2) is 0 Å². The van der Waals surface area contributed by atoms with Gasteiger partial charge in [0.2, 0.25) is 15.6 Å². The van der Waals surface area contributed by atoms with Crippen molar-refractivity contribution in [2.75, 3.05) is 33.1 Å². The maximum atomic E-state index is 12.7. The van der Waals surface area contributed by atoms with Crippen LogP contribution in [0.25, 0.3) is 10.9 Å². The zero-order valence-electron chi connectivity index (χ0n) is 14.6. The number of carbonyl (C=O) groups is 1. The summed E-state index contributed by atoms with van der Waals surface area (Å²) < 4.78 is 30.8. The van der Waals surface area contributed by atoms with Gasteiger partial charge >= 0.3 is 0 Å². The molecule has 0 radical (unpaired) electrons. The third-order valence-electron chi connectivity index (χ3n) is 4.49. The van der Waals surface area contributed by atoms with Crippen LogP contribution in [0, 0.1) is 5.92 Å². The molecule has 1 aromatic heterocycles. The number of hydrogen-bond acceptors (Lipinski definition) is 5. The van der Waals surface area contributed by atoms with E-state index in [0.29, 0.717) is 10.9 Å². The van der Waals surface area contributed by atoms with E-state index in [1.807, 2.05) is 0 Å². The van der Waals surface area contributed by atoms with Gasteiger partial charge in [-0.15, -0.1) is 0 Å². The zero-order chi connectivity index (χ0) is 18.9. The van der Waals surface area contributed by atoms with Gasteiger partial charge in [-0.25, -0.2) is 12.7 Å². The molecule has 8 nitrogen and oxygen atoms in total. The van der Waals surface area contributed by atoms with E-state index in [1.165, 1.54) is 20.2 Å². The molecule has 1 saturated heterocycles. The van der Waals surface area contributed by atoms with Gasteiger partial charge in [0.1, 0.15) is 0 Å². The Labute approximate surface area is 151 Å². The first kappa shape index (κ1) is 18.6. The molecule has 1 aromatic carbocycles. The largest absolute Gasteiger partial charge is 0.379 e. The van der Waals surface area contributed by atoms with Crippen LogP contribution in [0.2, 0.25) is 0 Å². The van der Waals surface area contributed by atoms with E-state index in [0.717, 1.165) is 4.31 Å². The molecule has 1 amide bonds. The normalized spacial score (nSPS) is 20.6. The fraction of sp³-hybridized carbons (Fsp3) is 0.412. The molecule has 2 unspecified atom stereocenters. The second-order valence-electron chi connectivity index (χ2n) is 6.53. The second-order valence-corrected chi connectivity index (χ2v) is 8.76. The van der Waals surface area contributed by atoms with Crippen molar-refractivity contribution in [2.45, 2.75) is 6.04 Å². The minimum atomic E-state index is -3.41. The average Bonchev–Trinajstić information content (AvgIpc) is 2.99. The number of hydrogen-bond donors (Lipinski definition) is 2. The quantitative estimate of drug-likeness (QED) is 0.770. The van der Waals surface area contributed by atoms with E-state index in [9.17, 15) is 18.0 Å². The van der Waals surface area contributed by atoms with Crippen molar-refractivity contribution in [3.63, 3.8) is 0 Å². The number of sulfonamides is 1. The number of amides is 1. The third kappa shape index (κ3) is 3.79. The molecule has 1 aliphatic heterocycles. The highest BCUT2D eigenvalue weighted by molar-refractivity contribution is 7.89. The Kier molecular flexibility index (Phi) is 5.12. The number of aromatic amines is 1. The van der Waals surface area contributed by atoms with Gasteiger partial charge in [0, 0.05) is 37.0 Å². The summed E-state index contributed by atoms with van der Waals surface area (Å²) >= 11 is 0. The van der Waals surface area contributed by atoms with Crippen LogP contribution in [-0.4, -0.2) is 62.7 Å². The summed E-state index contributed by atoms with van der Waals surface area (Å²) in [6, 6.07) is 7.84. The molecule has 0 bridgehead atoms. The Hall–Kier alpha value is -2.23. The summed E-state index contributed by atoms with van der Waals surface area (Å²) in [6.07, 6.45) is 0. The number of H-pyrrole nitrogens is 1. The molecular formula is C17H21N3O5S. The van der Waals surface area contributed by atoms with Crippen LogP contribution in [0.15, 0.2) is 35.1 Å². The monoisotopic (exact) mass is 379 g/mol. The first-order valence-electron chi connectivity index (χ1n) is 8.19. The molecule has 1 fully saturated rings. The Morgan fingerprint density at radius 2 is 2.04 bits per heavy atom. The molecule has 2 aromatic rings. The minimum Gasteiger partial charge on any atom is -0.379 e. The summed E-state index contributed by atoms with van der Waals surface area (Å²) in [6.45, 7) is 0.495. The number of benzene rings is 1. The lowest BCUT2D eigenvalue weighted by Gasteiger charge is -2.21. The van der Waals surface area contributed by atoms with Crippen LogP contribution in [0.4, 0.5) is 0 Å². The summed E-state index contributed by atoms with van der Waals surface area (Å²) in [5.74, 6) is -0.879. The molecule has 26 heavy (non-hydrogen) atoms. The average molecular weight is 379 g/mol. The van der Waals surface area contributed by atoms with Crippen LogP contribution in [0.3, 0.4) is 0 Å². The highest BCUT2D eigenvalue weighted by Gasteiger charge is 2.34. The molecule has 9 heteroatoms. The number of ether oxygens (including phenoxy) is 1. The van der Waals surface area contributed by atoms with E-state index >= 15 is 0 Å². The van der Waals surface area contributed by atoms with Crippen LogP contribution in [-0.2, 0) is 14.8 Å². The number of nitrogens with one attached hydrogen (secondary N) is 2. The van der Waals surface area contributed by atoms with Gasteiger partial charge in [-0.3, -0.25) is 9.59 Å².